The number of carbonyl (C=O) groups excluding carboxylic acids is 5. The van der Waals surface area contributed by atoms with E-state index in [-0.39, 0.29) is 30.9 Å². The van der Waals surface area contributed by atoms with Gasteiger partial charge >= 0.3 is 17.9 Å². The molecular weight excluding hydrogens is 819 g/mol. The van der Waals surface area contributed by atoms with Crippen LogP contribution < -0.4 is 0 Å². The molecule has 0 bridgehead atoms. The molecule has 11 atom stereocenters. The highest BCUT2D eigenvalue weighted by Gasteiger charge is 2.60. The van der Waals surface area contributed by atoms with E-state index in [9.17, 15) is 24.0 Å². The Morgan fingerprint density at radius 1 is 0.603 bits per heavy atom. The highest BCUT2D eigenvalue weighted by Crippen LogP contribution is 2.41. The molecule has 0 N–H and O–H groups in total. The second kappa shape index (κ2) is 19.7. The summed E-state index contributed by atoms with van der Waals surface area (Å²) < 4.78 is 63.4. The van der Waals surface area contributed by atoms with Crippen molar-refractivity contribution >= 4 is 29.7 Å². The summed E-state index contributed by atoms with van der Waals surface area (Å²) in [5.74, 6) is -3.84. The van der Waals surface area contributed by atoms with Gasteiger partial charge in [0.2, 0.25) is 0 Å². The molecule has 1 unspecified atom stereocenters. The van der Waals surface area contributed by atoms with Crippen LogP contribution in [0.15, 0.2) is 115 Å². The molecular formula is C47H47NO15. The Balaban J connectivity index is 1.24. The van der Waals surface area contributed by atoms with Gasteiger partial charge in [-0.15, -0.1) is 0 Å². The van der Waals surface area contributed by atoms with Crippen molar-refractivity contribution in [3.63, 3.8) is 0 Å². The number of rotatable bonds is 14. The smallest absolute Gasteiger partial charge is 0.303 e. The van der Waals surface area contributed by atoms with Crippen LogP contribution in [0.2, 0.25) is 0 Å². The lowest BCUT2D eigenvalue weighted by atomic mass is 9.93. The summed E-state index contributed by atoms with van der Waals surface area (Å²) >= 11 is 0. The molecule has 0 spiro atoms. The molecule has 4 aliphatic rings. The Bertz CT molecular complexity index is 2210. The standard InChI is InChI=1S/C47H47NO15/c1-27(49)54-25-35-38(58-28(2)50)40(59-29(3)51)37(48-43(52)33-21-13-14-22-34(33)44(48)53)46(60-35)63-42-41(55-23-30-15-7-4-8-16-30)39-36(26-57-45(62-39)32-19-11-6-12-20-32)61-47(42)56-24-31-17-9-5-10-18-31/h4-22,35-42,45-47H,23-26H2,1-3H3/t35-,36-,37-,38-,39-,40-,41+,42+,45?,46+,47+/m1/s1. The van der Waals surface area contributed by atoms with E-state index in [1.165, 1.54) is 19.1 Å². The molecule has 4 aliphatic heterocycles. The van der Waals surface area contributed by atoms with E-state index in [0.29, 0.717) is 0 Å². The first-order valence-electron chi connectivity index (χ1n) is 20.6. The van der Waals surface area contributed by atoms with Crippen molar-refractivity contribution in [1.29, 1.82) is 0 Å². The predicted octanol–water partition coefficient (Wildman–Crippen LogP) is 4.83. The van der Waals surface area contributed by atoms with Crippen LogP contribution in [-0.4, -0.2) is 109 Å². The van der Waals surface area contributed by atoms with Gasteiger partial charge < -0.3 is 47.4 Å². The van der Waals surface area contributed by atoms with Crippen molar-refractivity contribution in [2.24, 2.45) is 0 Å². The van der Waals surface area contributed by atoms with Gasteiger partial charge in [-0.3, -0.25) is 28.9 Å². The van der Waals surface area contributed by atoms with E-state index >= 15 is 0 Å². The normalized spacial score (nSPS) is 29.0. The van der Waals surface area contributed by atoms with E-state index in [1.54, 1.807) is 12.1 Å². The molecule has 330 valence electrons. The Morgan fingerprint density at radius 3 is 1.75 bits per heavy atom. The van der Waals surface area contributed by atoms with Crippen LogP contribution in [0, 0.1) is 0 Å². The Labute approximate surface area is 363 Å². The molecule has 2 amide bonds. The van der Waals surface area contributed by atoms with E-state index in [1.807, 2.05) is 91.0 Å². The molecule has 3 fully saturated rings. The molecule has 4 aromatic carbocycles. The fourth-order valence-corrected chi connectivity index (χ4v) is 8.22. The van der Waals surface area contributed by atoms with Gasteiger partial charge in [-0.25, -0.2) is 0 Å². The van der Waals surface area contributed by atoms with Gasteiger partial charge in [0, 0.05) is 26.3 Å². The summed E-state index contributed by atoms with van der Waals surface area (Å²) in [6, 6.07) is 32.7. The highest BCUT2D eigenvalue weighted by atomic mass is 16.8. The van der Waals surface area contributed by atoms with Crippen molar-refractivity contribution in [3.8, 4) is 0 Å². The lowest BCUT2D eigenvalue weighted by Crippen LogP contribution is -2.70. The van der Waals surface area contributed by atoms with E-state index in [4.69, 9.17) is 47.4 Å². The molecule has 3 saturated heterocycles. The zero-order chi connectivity index (χ0) is 44.0. The van der Waals surface area contributed by atoms with Gasteiger partial charge in [-0.1, -0.05) is 103 Å². The summed E-state index contributed by atoms with van der Waals surface area (Å²) in [4.78, 5) is 67.5. The van der Waals surface area contributed by atoms with Crippen LogP contribution in [0.4, 0.5) is 0 Å². The summed E-state index contributed by atoms with van der Waals surface area (Å²) in [6.07, 6.45) is -12.2. The lowest BCUT2D eigenvalue weighted by molar-refractivity contribution is -0.394. The number of fused-ring (bicyclic) bond motifs is 2. The number of esters is 3. The fraction of sp³-hybridized carbons (Fsp3) is 0.383. The molecule has 0 radical (unpaired) electrons. The third kappa shape index (κ3) is 9.87. The number of carbonyl (C=O) groups is 5. The maximum absolute atomic E-state index is 14.4. The van der Waals surface area contributed by atoms with Gasteiger partial charge in [0.25, 0.3) is 11.8 Å². The largest absolute Gasteiger partial charge is 0.463 e. The van der Waals surface area contributed by atoms with Crippen molar-refractivity contribution in [2.75, 3.05) is 13.2 Å². The van der Waals surface area contributed by atoms with Crippen molar-refractivity contribution in [2.45, 2.75) is 102 Å². The van der Waals surface area contributed by atoms with Gasteiger partial charge in [-0.2, -0.15) is 0 Å². The first kappa shape index (κ1) is 43.8. The Kier molecular flexibility index (Phi) is 13.7. The average Bonchev–Trinajstić information content (AvgIpc) is 3.54. The average molecular weight is 866 g/mol. The van der Waals surface area contributed by atoms with E-state index in [2.05, 4.69) is 0 Å². The predicted molar refractivity (Wildman–Crippen MR) is 217 cm³/mol. The number of nitrogens with zero attached hydrogens (tertiary/aromatic N) is 1. The Hall–Kier alpha value is -5.85. The first-order chi connectivity index (χ1) is 30.5. The molecule has 16 nitrogen and oxygen atoms in total. The van der Waals surface area contributed by atoms with Gasteiger partial charge in [0.1, 0.15) is 43.2 Å². The maximum Gasteiger partial charge on any atom is 0.303 e. The molecule has 16 heteroatoms. The molecule has 0 aliphatic carbocycles. The molecule has 0 saturated carbocycles. The summed E-state index contributed by atoms with van der Waals surface area (Å²) in [7, 11) is 0. The first-order valence-corrected chi connectivity index (χ1v) is 20.6. The number of amides is 2. The quantitative estimate of drug-likeness (QED) is 0.0955. The molecule has 0 aromatic heterocycles. The molecule has 4 aromatic rings. The maximum atomic E-state index is 14.4. The zero-order valence-electron chi connectivity index (χ0n) is 34.7. The van der Waals surface area contributed by atoms with Crippen molar-refractivity contribution in [3.05, 3.63) is 143 Å². The number of benzene rings is 4. The molecule has 8 rings (SSSR count). The minimum Gasteiger partial charge on any atom is -0.463 e. The summed E-state index contributed by atoms with van der Waals surface area (Å²) in [6.45, 7) is 3.13. The van der Waals surface area contributed by atoms with E-state index < -0.39 is 104 Å². The molecule has 4 heterocycles. The van der Waals surface area contributed by atoms with Gasteiger partial charge in [0.15, 0.2) is 31.1 Å². The third-order valence-electron chi connectivity index (χ3n) is 11.0. The number of hydrogen-bond acceptors (Lipinski definition) is 15. The zero-order valence-corrected chi connectivity index (χ0v) is 34.7. The second-order valence-corrected chi connectivity index (χ2v) is 15.4. The van der Waals surface area contributed by atoms with Crippen molar-refractivity contribution in [1.82, 2.24) is 4.90 Å². The van der Waals surface area contributed by atoms with E-state index in [0.717, 1.165) is 35.4 Å². The number of imide groups is 1. The van der Waals surface area contributed by atoms with Crippen LogP contribution >= 0.6 is 0 Å². The van der Waals surface area contributed by atoms with Gasteiger partial charge in [-0.05, 0) is 23.3 Å². The third-order valence-corrected chi connectivity index (χ3v) is 11.0. The van der Waals surface area contributed by atoms with Crippen LogP contribution in [0.25, 0.3) is 0 Å². The topological polar surface area (TPSA) is 181 Å². The lowest BCUT2D eigenvalue weighted by Gasteiger charge is -2.52. The minimum absolute atomic E-state index is 0.0511. The summed E-state index contributed by atoms with van der Waals surface area (Å²) in [5.41, 5.74) is 2.53. The monoisotopic (exact) mass is 865 g/mol. The second-order valence-electron chi connectivity index (χ2n) is 15.4. The van der Waals surface area contributed by atoms with Crippen molar-refractivity contribution < 1.29 is 71.3 Å². The number of hydrogen-bond donors (Lipinski definition) is 0. The van der Waals surface area contributed by atoms with Crippen LogP contribution in [0.5, 0.6) is 0 Å². The van der Waals surface area contributed by atoms with Crippen LogP contribution in [0.3, 0.4) is 0 Å². The highest BCUT2D eigenvalue weighted by molar-refractivity contribution is 6.21. The SMILES string of the molecule is CC(=O)OC[C@H]1O[C@@H](O[C@@H]2[C@@H](OCc3ccccc3)O[C@@H]3COC(c4ccccc4)O[C@H]3[C@@H]2OCc2ccccc2)[C@H](N2C(=O)c3ccccc3C2=O)[C@@H](OC(C)=O)[C@@H]1OC(C)=O. The van der Waals surface area contributed by atoms with Crippen LogP contribution in [-0.2, 0) is 75.0 Å². The molecule has 63 heavy (non-hydrogen) atoms. The van der Waals surface area contributed by atoms with Gasteiger partial charge in [0.05, 0.1) is 30.9 Å². The Morgan fingerprint density at radius 2 is 1.16 bits per heavy atom. The summed E-state index contributed by atoms with van der Waals surface area (Å²) in [5, 5.41) is 0. The minimum atomic E-state index is -1.70. The van der Waals surface area contributed by atoms with Crippen LogP contribution in [0.1, 0.15) is 64.5 Å². The fourth-order valence-electron chi connectivity index (χ4n) is 8.22. The number of ether oxygens (including phenoxy) is 10.